The molecule has 19 heavy (non-hydrogen) atoms. The predicted octanol–water partition coefficient (Wildman–Crippen LogP) is 3.01. The molecule has 5 heteroatoms. The van der Waals surface area contributed by atoms with Gasteiger partial charge in [-0.2, -0.15) is 0 Å². The fourth-order valence-corrected chi connectivity index (χ4v) is 1.78. The van der Waals surface area contributed by atoms with Crippen molar-refractivity contribution in [2.45, 2.75) is 19.4 Å². The first-order valence-corrected chi connectivity index (χ1v) is 6.83. The van der Waals surface area contributed by atoms with E-state index in [2.05, 4.69) is 5.32 Å². The van der Waals surface area contributed by atoms with Crippen LogP contribution in [-0.2, 0) is 16.0 Å². The van der Waals surface area contributed by atoms with Crippen LogP contribution in [0, 0.1) is 5.82 Å². The Kier molecular flexibility index (Phi) is 8.75. The minimum absolute atomic E-state index is 0.257. The van der Waals surface area contributed by atoms with Gasteiger partial charge in [-0.3, -0.25) is 0 Å². The monoisotopic (exact) mass is 289 g/mol. The average Bonchev–Trinajstić information content (AvgIpc) is 2.40. The summed E-state index contributed by atoms with van der Waals surface area (Å²) in [6, 6.07) is 4.41. The summed E-state index contributed by atoms with van der Waals surface area (Å²) in [6.45, 7) is 3.46. The number of benzene rings is 1. The highest BCUT2D eigenvalue weighted by molar-refractivity contribution is 6.31. The van der Waals surface area contributed by atoms with Crippen molar-refractivity contribution >= 4 is 11.6 Å². The summed E-state index contributed by atoms with van der Waals surface area (Å²) < 4.78 is 23.2. The van der Waals surface area contributed by atoms with E-state index in [1.807, 2.05) is 0 Å². The fraction of sp³-hybridized carbons (Fsp3) is 0.571. The zero-order valence-electron chi connectivity index (χ0n) is 11.3. The first kappa shape index (κ1) is 16.4. The molecule has 0 saturated heterocycles. The number of unbranched alkanes of at least 4 members (excludes halogenated alkanes) is 1. The van der Waals surface area contributed by atoms with E-state index >= 15 is 0 Å². The second-order valence-electron chi connectivity index (χ2n) is 4.22. The van der Waals surface area contributed by atoms with Crippen molar-refractivity contribution in [1.82, 2.24) is 5.32 Å². The second kappa shape index (κ2) is 10.1. The van der Waals surface area contributed by atoms with Gasteiger partial charge in [-0.1, -0.05) is 11.6 Å². The Hall–Kier alpha value is -0.680. The van der Waals surface area contributed by atoms with Gasteiger partial charge in [-0.15, -0.1) is 0 Å². The SMILES string of the molecule is COCCOCCCCNCc1cc(F)ccc1Cl. The van der Waals surface area contributed by atoms with Gasteiger partial charge in [0, 0.05) is 25.3 Å². The van der Waals surface area contributed by atoms with Crippen LogP contribution in [0.4, 0.5) is 4.39 Å². The van der Waals surface area contributed by atoms with Crippen LogP contribution in [0.1, 0.15) is 18.4 Å². The molecule has 0 radical (unpaired) electrons. The average molecular weight is 290 g/mol. The lowest BCUT2D eigenvalue weighted by Crippen LogP contribution is -2.15. The van der Waals surface area contributed by atoms with Gasteiger partial charge in [0.2, 0.25) is 0 Å². The van der Waals surface area contributed by atoms with Gasteiger partial charge in [-0.05, 0) is 43.1 Å². The predicted molar refractivity (Wildman–Crippen MR) is 75.0 cm³/mol. The number of ether oxygens (including phenoxy) is 2. The van der Waals surface area contributed by atoms with Crippen molar-refractivity contribution in [3.8, 4) is 0 Å². The highest BCUT2D eigenvalue weighted by Crippen LogP contribution is 2.16. The van der Waals surface area contributed by atoms with E-state index in [0.717, 1.165) is 31.6 Å². The number of rotatable bonds is 10. The van der Waals surface area contributed by atoms with Gasteiger partial charge in [0.25, 0.3) is 0 Å². The van der Waals surface area contributed by atoms with E-state index in [0.29, 0.717) is 24.8 Å². The molecule has 0 aliphatic carbocycles. The van der Waals surface area contributed by atoms with Crippen molar-refractivity contribution in [1.29, 1.82) is 0 Å². The van der Waals surface area contributed by atoms with E-state index in [-0.39, 0.29) is 5.82 Å². The van der Waals surface area contributed by atoms with E-state index in [4.69, 9.17) is 21.1 Å². The maximum Gasteiger partial charge on any atom is 0.123 e. The Morgan fingerprint density at radius 2 is 2.05 bits per heavy atom. The molecular formula is C14H21ClFNO2. The van der Waals surface area contributed by atoms with Gasteiger partial charge >= 0.3 is 0 Å². The van der Waals surface area contributed by atoms with Crippen molar-refractivity contribution in [2.75, 3.05) is 33.5 Å². The molecule has 0 heterocycles. The third-order valence-corrected chi connectivity index (χ3v) is 3.02. The molecule has 3 nitrogen and oxygen atoms in total. The number of methoxy groups -OCH3 is 1. The lowest BCUT2D eigenvalue weighted by molar-refractivity contribution is 0.0688. The Balaban J connectivity index is 2.03. The normalized spacial score (nSPS) is 10.9. The number of hydrogen-bond donors (Lipinski definition) is 1. The van der Waals surface area contributed by atoms with Crippen molar-refractivity contribution in [2.24, 2.45) is 0 Å². The molecule has 0 bridgehead atoms. The van der Waals surface area contributed by atoms with Crippen molar-refractivity contribution < 1.29 is 13.9 Å². The van der Waals surface area contributed by atoms with Crippen molar-refractivity contribution in [3.05, 3.63) is 34.6 Å². The maximum absolute atomic E-state index is 13.0. The first-order valence-electron chi connectivity index (χ1n) is 6.45. The summed E-state index contributed by atoms with van der Waals surface area (Å²) in [5, 5.41) is 3.83. The topological polar surface area (TPSA) is 30.5 Å². The van der Waals surface area contributed by atoms with E-state index in [1.165, 1.54) is 12.1 Å². The smallest absolute Gasteiger partial charge is 0.123 e. The Morgan fingerprint density at radius 1 is 1.21 bits per heavy atom. The third kappa shape index (κ3) is 7.47. The third-order valence-electron chi connectivity index (χ3n) is 2.65. The summed E-state index contributed by atoms with van der Waals surface area (Å²) in [4.78, 5) is 0. The lowest BCUT2D eigenvalue weighted by Gasteiger charge is -2.07. The standard InChI is InChI=1S/C14H21ClFNO2/c1-18-8-9-19-7-3-2-6-17-11-12-10-13(16)4-5-14(12)15/h4-5,10,17H,2-3,6-9,11H2,1H3. The van der Waals surface area contributed by atoms with E-state index in [1.54, 1.807) is 13.2 Å². The summed E-state index contributed by atoms with van der Waals surface area (Å²) in [6.07, 6.45) is 2.01. The largest absolute Gasteiger partial charge is 0.382 e. The van der Waals surface area contributed by atoms with Gasteiger partial charge in [0.05, 0.1) is 13.2 Å². The number of halogens is 2. The Bertz CT molecular complexity index is 363. The van der Waals surface area contributed by atoms with E-state index < -0.39 is 0 Å². The summed E-state index contributed by atoms with van der Waals surface area (Å²) in [5.74, 6) is -0.257. The molecule has 0 saturated carbocycles. The van der Waals surface area contributed by atoms with Crippen LogP contribution < -0.4 is 5.32 Å². The second-order valence-corrected chi connectivity index (χ2v) is 4.63. The van der Waals surface area contributed by atoms with Crippen LogP contribution in [0.15, 0.2) is 18.2 Å². The van der Waals surface area contributed by atoms with Crippen molar-refractivity contribution in [3.63, 3.8) is 0 Å². The zero-order chi connectivity index (χ0) is 13.9. The molecule has 0 atom stereocenters. The van der Waals surface area contributed by atoms with Crippen LogP contribution in [-0.4, -0.2) is 33.5 Å². The van der Waals surface area contributed by atoms with E-state index in [9.17, 15) is 4.39 Å². The molecule has 1 aromatic rings. The van der Waals surface area contributed by atoms with Gasteiger partial charge in [0.15, 0.2) is 0 Å². The zero-order valence-corrected chi connectivity index (χ0v) is 12.0. The van der Waals surface area contributed by atoms with Gasteiger partial charge < -0.3 is 14.8 Å². The molecule has 0 aliphatic heterocycles. The number of nitrogens with one attached hydrogen (secondary N) is 1. The van der Waals surface area contributed by atoms with Crippen LogP contribution >= 0.6 is 11.6 Å². The molecule has 0 spiro atoms. The lowest BCUT2D eigenvalue weighted by atomic mass is 10.2. The molecular weight excluding hydrogens is 269 g/mol. The maximum atomic E-state index is 13.0. The molecule has 0 fully saturated rings. The molecule has 0 amide bonds. The molecule has 1 aromatic carbocycles. The molecule has 0 unspecified atom stereocenters. The van der Waals surface area contributed by atoms with Crippen LogP contribution in [0.5, 0.6) is 0 Å². The minimum atomic E-state index is -0.257. The summed E-state index contributed by atoms with van der Waals surface area (Å²) in [5.41, 5.74) is 0.790. The highest BCUT2D eigenvalue weighted by Gasteiger charge is 2.01. The van der Waals surface area contributed by atoms with Crippen LogP contribution in [0.2, 0.25) is 5.02 Å². The van der Waals surface area contributed by atoms with Crippen LogP contribution in [0.3, 0.4) is 0 Å². The molecule has 1 rings (SSSR count). The van der Waals surface area contributed by atoms with Crippen LogP contribution in [0.25, 0.3) is 0 Å². The molecule has 1 N–H and O–H groups in total. The summed E-state index contributed by atoms with van der Waals surface area (Å²) >= 11 is 5.97. The highest BCUT2D eigenvalue weighted by atomic mass is 35.5. The number of hydrogen-bond acceptors (Lipinski definition) is 3. The van der Waals surface area contributed by atoms with Gasteiger partial charge in [-0.25, -0.2) is 4.39 Å². The quantitative estimate of drug-likeness (QED) is 0.672. The first-order chi connectivity index (χ1) is 9.24. The summed E-state index contributed by atoms with van der Waals surface area (Å²) in [7, 11) is 1.66. The molecule has 0 aromatic heterocycles. The molecule has 108 valence electrons. The fourth-order valence-electron chi connectivity index (χ4n) is 1.60. The Labute approximate surface area is 119 Å². The Morgan fingerprint density at radius 3 is 2.84 bits per heavy atom. The molecule has 0 aliphatic rings. The van der Waals surface area contributed by atoms with Gasteiger partial charge in [0.1, 0.15) is 5.82 Å². The minimum Gasteiger partial charge on any atom is -0.382 e.